The molecular weight excluding hydrogens is 991 g/mol. The van der Waals surface area contributed by atoms with Gasteiger partial charge in [-0.2, -0.15) is 0 Å². The average Bonchev–Trinajstić information content (AvgIpc) is 3.81. The minimum Gasteiger partial charge on any atom is -0.500 e. The van der Waals surface area contributed by atoms with Crippen LogP contribution in [-0.4, -0.2) is 32.6 Å². The molecule has 337 valence electrons. The standard InChI is InChI=1S/C35H31N4O.C22H32NSi.Ir/c1-19(2)26-16-23-9-7-8-10-24(23)31(20(3)4)33(26)39-29-13-14-36-18-28(29)38-35(39)25-12-11-21(5)32-27-17-37-22(6)15-30(27)40-34(25)32;1-16(2)12-18-14-20(23-15-21(18)24(6,7)8)17-10-9-11-19(13-17)22(3,4)5;/h7-11,13-20H,1-6H3;9,11,13-16H,12H2,1-8H3;/q2*-1;. The van der Waals surface area contributed by atoms with Gasteiger partial charge in [0.2, 0.25) is 0 Å². The first kappa shape index (κ1) is 47.7. The molecule has 0 saturated carbocycles. The van der Waals surface area contributed by atoms with E-state index in [4.69, 9.17) is 14.4 Å². The molecule has 0 spiro atoms. The molecule has 0 amide bonds. The first-order chi connectivity index (χ1) is 30.3. The Morgan fingerprint density at radius 3 is 2.26 bits per heavy atom. The van der Waals surface area contributed by atoms with E-state index >= 15 is 0 Å². The second-order valence-corrected chi connectivity index (χ2v) is 25.7. The van der Waals surface area contributed by atoms with Gasteiger partial charge in [-0.25, -0.2) is 0 Å². The number of nitrogens with zero attached hydrogens (tertiary/aromatic N) is 5. The number of aromatic nitrogens is 5. The summed E-state index contributed by atoms with van der Waals surface area (Å²) < 4.78 is 8.90. The molecule has 5 heterocycles. The van der Waals surface area contributed by atoms with Gasteiger partial charge < -0.3 is 14.0 Å². The molecule has 0 bridgehead atoms. The average molecular weight is 1050 g/mol. The first-order valence-electron chi connectivity index (χ1n) is 22.9. The molecule has 0 aliphatic heterocycles. The zero-order chi connectivity index (χ0) is 45.8. The largest absolute Gasteiger partial charge is 0.500 e. The smallest absolute Gasteiger partial charge is 0.124 e. The van der Waals surface area contributed by atoms with E-state index in [2.05, 4.69) is 176 Å². The van der Waals surface area contributed by atoms with Gasteiger partial charge in [0.05, 0.1) is 36.7 Å². The fourth-order valence-corrected chi connectivity index (χ4v) is 10.7. The topological polar surface area (TPSA) is 69.6 Å². The Balaban J connectivity index is 0.000000217. The summed E-state index contributed by atoms with van der Waals surface area (Å²) in [6.07, 6.45) is 8.86. The summed E-state index contributed by atoms with van der Waals surface area (Å²) in [4.78, 5) is 19.0. The third-order valence-corrected chi connectivity index (χ3v) is 14.4. The van der Waals surface area contributed by atoms with Crippen LogP contribution in [0.4, 0.5) is 0 Å². The number of benzene rings is 4. The van der Waals surface area contributed by atoms with Crippen molar-refractivity contribution >= 4 is 57.0 Å². The summed E-state index contributed by atoms with van der Waals surface area (Å²) in [7, 11) is -1.38. The van der Waals surface area contributed by atoms with Gasteiger partial charge in [-0.05, 0) is 81.4 Å². The molecule has 6 nitrogen and oxygen atoms in total. The van der Waals surface area contributed by atoms with Crippen molar-refractivity contribution in [3.05, 3.63) is 143 Å². The minimum absolute atomic E-state index is 0. The van der Waals surface area contributed by atoms with Gasteiger partial charge in [-0.3, -0.25) is 15.0 Å². The van der Waals surface area contributed by atoms with Crippen molar-refractivity contribution in [2.24, 2.45) is 5.92 Å². The number of hydrogen-bond acceptors (Lipinski definition) is 5. The molecule has 0 N–H and O–H groups in total. The molecule has 1 radical (unpaired) electrons. The van der Waals surface area contributed by atoms with Crippen LogP contribution in [0.5, 0.6) is 0 Å². The normalized spacial score (nSPS) is 12.2. The molecule has 0 unspecified atom stereocenters. The number of pyridine rings is 3. The van der Waals surface area contributed by atoms with Crippen LogP contribution < -0.4 is 5.19 Å². The molecular formula is C57H63IrN5OSi-2. The zero-order valence-corrected chi connectivity index (χ0v) is 44.0. The van der Waals surface area contributed by atoms with Gasteiger partial charge in [0.25, 0.3) is 0 Å². The van der Waals surface area contributed by atoms with Crippen LogP contribution >= 0.6 is 0 Å². The van der Waals surface area contributed by atoms with Gasteiger partial charge in [0, 0.05) is 61.5 Å². The van der Waals surface area contributed by atoms with E-state index in [1.165, 1.54) is 43.9 Å². The minimum atomic E-state index is -1.38. The third kappa shape index (κ3) is 9.41. The van der Waals surface area contributed by atoms with E-state index in [-0.39, 0.29) is 31.4 Å². The van der Waals surface area contributed by atoms with Gasteiger partial charge in [0.15, 0.2) is 0 Å². The zero-order valence-electron chi connectivity index (χ0n) is 40.7. The van der Waals surface area contributed by atoms with Crippen molar-refractivity contribution in [3.8, 4) is 28.3 Å². The quantitative estimate of drug-likeness (QED) is 0.112. The Labute approximate surface area is 400 Å². The molecule has 0 atom stereocenters. The van der Waals surface area contributed by atoms with Crippen LogP contribution in [0.2, 0.25) is 19.6 Å². The summed E-state index contributed by atoms with van der Waals surface area (Å²) in [6.45, 7) is 31.7. The molecule has 8 heteroatoms. The predicted octanol–water partition coefficient (Wildman–Crippen LogP) is 14.8. The summed E-state index contributed by atoms with van der Waals surface area (Å²) in [5, 5.41) is 6.08. The Morgan fingerprint density at radius 2 is 1.57 bits per heavy atom. The second-order valence-electron chi connectivity index (χ2n) is 20.7. The van der Waals surface area contributed by atoms with E-state index in [0.29, 0.717) is 11.8 Å². The molecule has 65 heavy (non-hydrogen) atoms. The second kappa shape index (κ2) is 18.5. The number of hydrogen-bond donors (Lipinski definition) is 0. The van der Waals surface area contributed by atoms with Crippen molar-refractivity contribution in [1.82, 2.24) is 24.5 Å². The maximum absolute atomic E-state index is 6.57. The Morgan fingerprint density at radius 1 is 0.815 bits per heavy atom. The Kier molecular flexibility index (Phi) is 13.6. The van der Waals surface area contributed by atoms with Crippen LogP contribution in [0.1, 0.15) is 108 Å². The summed E-state index contributed by atoms with van der Waals surface area (Å²) in [5.74, 6) is 2.04. The molecule has 5 aromatic heterocycles. The maximum atomic E-state index is 6.57. The van der Waals surface area contributed by atoms with Crippen LogP contribution in [0.25, 0.3) is 72.1 Å². The molecule has 9 aromatic rings. The van der Waals surface area contributed by atoms with E-state index < -0.39 is 8.07 Å². The number of rotatable bonds is 8. The van der Waals surface area contributed by atoms with Crippen molar-refractivity contribution in [1.29, 1.82) is 0 Å². The van der Waals surface area contributed by atoms with Crippen LogP contribution in [0, 0.1) is 31.9 Å². The predicted molar refractivity (Wildman–Crippen MR) is 272 cm³/mol. The maximum Gasteiger partial charge on any atom is 0.124 e. The van der Waals surface area contributed by atoms with E-state index in [0.717, 1.165) is 73.3 Å². The monoisotopic (exact) mass is 1050 g/mol. The van der Waals surface area contributed by atoms with Gasteiger partial charge in [-0.1, -0.05) is 136 Å². The van der Waals surface area contributed by atoms with Crippen molar-refractivity contribution < 1.29 is 24.5 Å². The van der Waals surface area contributed by atoms with E-state index in [1.54, 1.807) is 0 Å². The number of furan rings is 1. The molecule has 9 rings (SSSR count). The van der Waals surface area contributed by atoms with Crippen LogP contribution in [-0.2, 0) is 31.9 Å². The van der Waals surface area contributed by atoms with Gasteiger partial charge in [0.1, 0.15) is 5.58 Å². The van der Waals surface area contributed by atoms with Crippen LogP contribution in [0.15, 0.2) is 102 Å². The number of imidazole rings is 1. The number of aryl methyl sites for hydroxylation is 2. The summed E-state index contributed by atoms with van der Waals surface area (Å²) in [6, 6.07) is 32.9. The molecule has 0 fully saturated rings. The summed E-state index contributed by atoms with van der Waals surface area (Å²) in [5.41, 5.74) is 15.2. The summed E-state index contributed by atoms with van der Waals surface area (Å²) >= 11 is 0. The van der Waals surface area contributed by atoms with Gasteiger partial charge in [-0.15, -0.1) is 53.1 Å². The van der Waals surface area contributed by atoms with Gasteiger partial charge >= 0.3 is 0 Å². The fraction of sp³-hybridized carbons (Fsp3) is 0.333. The molecule has 0 saturated heterocycles. The number of fused-ring (bicyclic) bond motifs is 5. The molecule has 0 aliphatic rings. The van der Waals surface area contributed by atoms with Crippen molar-refractivity contribution in [2.75, 3.05) is 0 Å². The Hall–Kier alpha value is -5.27. The Bertz CT molecular complexity index is 3180. The van der Waals surface area contributed by atoms with Crippen molar-refractivity contribution in [3.63, 3.8) is 0 Å². The van der Waals surface area contributed by atoms with Crippen molar-refractivity contribution in [2.45, 2.75) is 119 Å². The SMILES string of the molecule is CC(C)Cc1cc(-c2[c-]ccc(C(C)(C)C)c2)ncc1[Si](C)(C)C.Cc1cc2oc3c(-c4nc5cnccc5n4-c4c(C(C)C)cc5ccccc5c4C(C)C)[c-]cc(C)c3c2cn1.[Ir]. The van der Waals surface area contributed by atoms with E-state index in [9.17, 15) is 0 Å². The molecule has 4 aromatic carbocycles. The van der Waals surface area contributed by atoms with Crippen LogP contribution in [0.3, 0.4) is 0 Å². The third-order valence-electron chi connectivity index (χ3n) is 12.3. The molecule has 0 aliphatic carbocycles. The first-order valence-corrected chi connectivity index (χ1v) is 26.4. The van der Waals surface area contributed by atoms with E-state index in [1.807, 2.05) is 43.7 Å². The fourth-order valence-electron chi connectivity index (χ4n) is 9.14.